The Labute approximate surface area is 214 Å². The van der Waals surface area contributed by atoms with Gasteiger partial charge in [-0.15, -0.1) is 0 Å². The third-order valence-electron chi connectivity index (χ3n) is 6.79. The van der Waals surface area contributed by atoms with E-state index in [1.807, 2.05) is 7.05 Å². The lowest BCUT2D eigenvalue weighted by molar-refractivity contribution is -0.148. The zero-order valence-corrected chi connectivity index (χ0v) is 25.1. The topological polar surface area (TPSA) is 97.4 Å². The minimum Gasteiger partial charge on any atom is -0.463 e. The van der Waals surface area contributed by atoms with E-state index in [1.54, 1.807) is 6.92 Å². The first-order valence-electron chi connectivity index (χ1n) is 12.5. The highest BCUT2D eigenvalue weighted by Gasteiger charge is 2.45. The second-order valence-corrected chi connectivity index (χ2v) is 12.2. The lowest BCUT2D eigenvalue weighted by atomic mass is 9.79. The van der Waals surface area contributed by atoms with E-state index in [4.69, 9.17) is 14.2 Å². The molecule has 0 aromatic rings. The van der Waals surface area contributed by atoms with Crippen LogP contribution >= 0.6 is 0 Å². The normalized spacial score (nSPS) is 19.5. The predicted molar refractivity (Wildman–Crippen MR) is 141 cm³/mol. The van der Waals surface area contributed by atoms with Crippen LogP contribution in [0.5, 0.6) is 0 Å². The summed E-state index contributed by atoms with van der Waals surface area (Å²) in [5, 5.41) is 2.76. The number of amides is 1. The Balaban J connectivity index is 2.75. The Hall–Kier alpha value is -1.91. The van der Waals surface area contributed by atoms with Crippen molar-refractivity contribution in [3.05, 3.63) is 12.7 Å². The van der Waals surface area contributed by atoms with Crippen LogP contribution in [0, 0.1) is 0 Å². The third kappa shape index (κ3) is 10.7. The summed E-state index contributed by atoms with van der Waals surface area (Å²) in [6.07, 6.45) is 2.87. The fourth-order valence-corrected chi connectivity index (χ4v) is 4.64. The number of nitrogens with one attached hydrogen (secondary N) is 1. The largest absolute Gasteiger partial charge is 0.463 e. The van der Waals surface area contributed by atoms with Crippen LogP contribution in [-0.4, -0.2) is 101 Å². The first kappa shape index (κ1) is 31.1. The number of nitrogens with zero attached hydrogens (tertiary/aromatic N) is 2. The Morgan fingerprint density at radius 3 is 2.26 bits per heavy atom. The van der Waals surface area contributed by atoms with Crippen molar-refractivity contribution in [2.24, 2.45) is 0 Å². The molecule has 0 aromatic carbocycles. The van der Waals surface area contributed by atoms with Gasteiger partial charge < -0.3 is 24.4 Å². The van der Waals surface area contributed by atoms with Gasteiger partial charge in [0.1, 0.15) is 24.9 Å². The summed E-state index contributed by atoms with van der Waals surface area (Å²) >= 11 is 0. The van der Waals surface area contributed by atoms with Gasteiger partial charge >= 0.3 is 18.0 Å². The molecule has 0 bridgehead atoms. The first-order valence-corrected chi connectivity index (χ1v) is 13.9. The Bertz CT molecular complexity index is 727. The molecule has 35 heavy (non-hydrogen) atoms. The Morgan fingerprint density at radius 2 is 1.71 bits per heavy atom. The van der Waals surface area contributed by atoms with E-state index in [1.165, 1.54) is 16.3 Å². The molecule has 1 unspecified atom stereocenters. The van der Waals surface area contributed by atoms with Crippen molar-refractivity contribution < 1.29 is 28.6 Å². The van der Waals surface area contributed by atoms with Crippen LogP contribution in [0.15, 0.2) is 12.7 Å². The van der Waals surface area contributed by atoms with Gasteiger partial charge in [0.25, 0.3) is 0 Å². The maximum atomic E-state index is 12.9. The fraction of sp³-hybridized carbons (Fsp3) is 0.800. The van der Waals surface area contributed by atoms with Crippen LogP contribution in [0.1, 0.15) is 60.3 Å². The molecule has 1 fully saturated rings. The number of carbonyl (C=O) groups is 3. The number of ether oxygens (including phenoxy) is 3. The summed E-state index contributed by atoms with van der Waals surface area (Å²) in [5.74, 6) is -1.00. The molecule has 1 N–H and O–H groups in total. The van der Waals surface area contributed by atoms with E-state index < -0.39 is 17.6 Å². The number of hydrogen-bond acceptors (Lipinski definition) is 8. The van der Waals surface area contributed by atoms with Crippen LogP contribution in [-0.2, 0) is 23.8 Å². The van der Waals surface area contributed by atoms with E-state index >= 15 is 0 Å². The molecule has 0 aromatic heterocycles. The van der Waals surface area contributed by atoms with E-state index in [0.717, 1.165) is 19.0 Å². The number of rotatable bonds is 13. The second kappa shape index (κ2) is 13.4. The lowest BCUT2D eigenvalue weighted by Crippen LogP contribution is -2.61. The zero-order valence-electron chi connectivity index (χ0n) is 23.1. The lowest BCUT2D eigenvalue weighted by Gasteiger charge is -2.53. The molecule has 1 atom stereocenters. The molecule has 1 saturated heterocycles. The molecule has 0 spiro atoms. The molecular formula is C25H47N3O6Si. The summed E-state index contributed by atoms with van der Waals surface area (Å²) in [4.78, 5) is 41.2. The van der Waals surface area contributed by atoms with Gasteiger partial charge in [0.2, 0.25) is 0 Å². The van der Waals surface area contributed by atoms with Crippen LogP contribution in [0.25, 0.3) is 0 Å². The Kier molecular flexibility index (Phi) is 11.9. The highest BCUT2D eigenvalue weighted by molar-refractivity contribution is 6.08. The van der Waals surface area contributed by atoms with Crippen LogP contribution < -0.4 is 5.32 Å². The predicted octanol–water partition coefficient (Wildman–Crippen LogP) is 1.89. The van der Waals surface area contributed by atoms with Gasteiger partial charge in [-0.2, -0.15) is 0 Å². The quantitative estimate of drug-likeness (QED) is 0.173. The fourth-order valence-electron chi connectivity index (χ4n) is 4.33. The van der Waals surface area contributed by atoms with Crippen LogP contribution in [0.4, 0.5) is 4.79 Å². The van der Waals surface area contributed by atoms with Gasteiger partial charge in [0.15, 0.2) is 0 Å². The molecule has 0 aliphatic carbocycles. The van der Waals surface area contributed by atoms with Gasteiger partial charge in [0, 0.05) is 46.8 Å². The molecule has 10 heteroatoms. The van der Waals surface area contributed by atoms with Gasteiger partial charge in [0.05, 0.1) is 6.42 Å². The van der Waals surface area contributed by atoms with Crippen molar-refractivity contribution in [3.8, 4) is 0 Å². The van der Waals surface area contributed by atoms with Crippen molar-refractivity contribution >= 4 is 28.3 Å². The molecule has 1 heterocycles. The molecule has 9 nitrogen and oxygen atoms in total. The average molecular weight is 514 g/mol. The number of esters is 2. The van der Waals surface area contributed by atoms with Crippen LogP contribution in [0.3, 0.4) is 0 Å². The van der Waals surface area contributed by atoms with E-state index in [0.29, 0.717) is 19.4 Å². The van der Waals surface area contributed by atoms with Gasteiger partial charge in [-0.25, -0.2) is 9.59 Å². The minimum absolute atomic E-state index is 0.142. The van der Waals surface area contributed by atoms with Crippen molar-refractivity contribution in [2.75, 3.05) is 40.4 Å². The van der Waals surface area contributed by atoms with Gasteiger partial charge in [-0.3, -0.25) is 9.69 Å². The van der Waals surface area contributed by atoms with Crippen molar-refractivity contribution in [2.45, 2.75) is 89.1 Å². The SMILES string of the molecule is C=CC(=O)OCC(C)(COC(=O)CCN(C)CCC[SiH3])NC(=O)OC1CC(C)(C)N(C)C(C)(C)C1. The van der Waals surface area contributed by atoms with Crippen molar-refractivity contribution in [3.63, 3.8) is 0 Å². The maximum absolute atomic E-state index is 12.9. The van der Waals surface area contributed by atoms with Crippen LogP contribution in [0.2, 0.25) is 6.04 Å². The number of alkyl carbamates (subject to hydrolysis) is 1. The molecule has 1 rings (SSSR count). The van der Waals surface area contributed by atoms with E-state index in [2.05, 4.69) is 56.4 Å². The molecule has 202 valence electrons. The van der Waals surface area contributed by atoms with Crippen molar-refractivity contribution in [1.29, 1.82) is 0 Å². The molecule has 1 aliphatic rings. The average Bonchev–Trinajstić information content (AvgIpc) is 2.76. The summed E-state index contributed by atoms with van der Waals surface area (Å²) in [5.41, 5.74) is -1.44. The highest BCUT2D eigenvalue weighted by atomic mass is 28.1. The number of likely N-dealkylation sites (tertiary alicyclic amines) is 1. The number of hydrogen-bond donors (Lipinski definition) is 1. The van der Waals surface area contributed by atoms with E-state index in [-0.39, 0.29) is 42.8 Å². The van der Waals surface area contributed by atoms with Gasteiger partial charge in [-0.1, -0.05) is 12.6 Å². The standard InChI is InChI=1S/C25H47N3O6Si/c1-9-20(29)32-17-25(6,18-33-21(30)11-13-27(7)12-10-14-35)26-22(31)34-19-15-23(2,3)28(8)24(4,5)16-19/h9,19H,1,10-18H2,2-8,35H3,(H,26,31). The smallest absolute Gasteiger partial charge is 0.408 e. The monoisotopic (exact) mass is 513 g/mol. The minimum atomic E-state index is -1.15. The molecular weight excluding hydrogens is 466 g/mol. The summed E-state index contributed by atoms with van der Waals surface area (Å²) in [6.45, 7) is 14.8. The number of piperidine rings is 1. The van der Waals surface area contributed by atoms with E-state index in [9.17, 15) is 14.4 Å². The maximum Gasteiger partial charge on any atom is 0.408 e. The first-order chi connectivity index (χ1) is 16.1. The third-order valence-corrected chi connectivity index (χ3v) is 7.50. The molecule has 1 amide bonds. The second-order valence-electron chi connectivity index (χ2n) is 11.2. The highest BCUT2D eigenvalue weighted by Crippen LogP contribution is 2.38. The molecule has 0 saturated carbocycles. The molecule has 0 radical (unpaired) electrons. The summed E-state index contributed by atoms with van der Waals surface area (Å²) in [7, 11) is 5.24. The summed E-state index contributed by atoms with van der Waals surface area (Å²) in [6, 6.07) is 1.23. The summed E-state index contributed by atoms with van der Waals surface area (Å²) < 4.78 is 16.4. The van der Waals surface area contributed by atoms with Crippen molar-refractivity contribution in [1.82, 2.24) is 15.1 Å². The molecule has 1 aliphatic heterocycles. The Morgan fingerprint density at radius 1 is 1.14 bits per heavy atom. The zero-order chi connectivity index (χ0) is 26.9. The number of carbonyl (C=O) groups excluding carboxylic acids is 3. The van der Waals surface area contributed by atoms with Gasteiger partial charge in [-0.05, 0) is 61.7 Å².